The topological polar surface area (TPSA) is 8.17 Å². The van der Waals surface area contributed by atoms with Gasteiger partial charge in [-0.3, -0.25) is 0 Å². The monoisotopic (exact) mass is 614 g/mol. The SMILES string of the molecule is Cc1c2ccccc2c(C)c2c(-c3ccccc3)c(N(c3ccccc3)c3ccc4c(c3)c3ccccc3n4-c3ccccc3)ccc12. The van der Waals surface area contributed by atoms with Gasteiger partial charge in [0.2, 0.25) is 0 Å². The minimum Gasteiger partial charge on any atom is -0.310 e. The third-order valence-electron chi connectivity index (χ3n) is 9.94. The average Bonchev–Trinajstić information content (AvgIpc) is 3.49. The van der Waals surface area contributed by atoms with Gasteiger partial charge in [-0.05, 0) is 107 Å². The summed E-state index contributed by atoms with van der Waals surface area (Å²) in [6.45, 7) is 4.56. The summed E-state index contributed by atoms with van der Waals surface area (Å²) in [5, 5.41) is 7.69. The third-order valence-corrected chi connectivity index (χ3v) is 9.94. The maximum Gasteiger partial charge on any atom is 0.0546 e. The number of anilines is 3. The minimum atomic E-state index is 1.12. The van der Waals surface area contributed by atoms with Gasteiger partial charge in [0.15, 0.2) is 0 Å². The lowest BCUT2D eigenvalue weighted by Crippen LogP contribution is -2.12. The Morgan fingerprint density at radius 2 is 1.00 bits per heavy atom. The van der Waals surface area contributed by atoms with Gasteiger partial charge in [0, 0.05) is 33.4 Å². The summed E-state index contributed by atoms with van der Waals surface area (Å²) in [6.07, 6.45) is 0. The van der Waals surface area contributed by atoms with E-state index in [1.54, 1.807) is 0 Å². The van der Waals surface area contributed by atoms with E-state index in [1.165, 1.54) is 65.6 Å². The van der Waals surface area contributed by atoms with E-state index in [0.717, 1.165) is 22.7 Å². The number of benzene rings is 8. The first-order valence-corrected chi connectivity index (χ1v) is 16.6. The molecule has 0 aliphatic carbocycles. The second-order valence-electron chi connectivity index (χ2n) is 12.6. The lowest BCUT2D eigenvalue weighted by Gasteiger charge is -2.30. The molecule has 8 aromatic carbocycles. The van der Waals surface area contributed by atoms with Gasteiger partial charge in [-0.15, -0.1) is 0 Å². The second-order valence-corrected chi connectivity index (χ2v) is 12.6. The van der Waals surface area contributed by atoms with Crippen LogP contribution in [-0.2, 0) is 0 Å². The Hall–Kier alpha value is -6.12. The molecule has 0 aliphatic rings. The summed E-state index contributed by atoms with van der Waals surface area (Å²) in [5.74, 6) is 0. The normalized spacial score (nSPS) is 11.5. The Morgan fingerprint density at radius 3 is 1.73 bits per heavy atom. The molecule has 0 unspecified atom stereocenters. The summed E-state index contributed by atoms with van der Waals surface area (Å²) in [5.41, 5.74) is 12.0. The Bertz CT molecular complexity index is 2620. The van der Waals surface area contributed by atoms with E-state index in [9.17, 15) is 0 Å². The third kappa shape index (κ3) is 4.34. The summed E-state index contributed by atoms with van der Waals surface area (Å²) in [6, 6.07) is 61.6. The first-order valence-electron chi connectivity index (χ1n) is 16.6. The molecular formula is C46H34N2. The minimum absolute atomic E-state index is 1.12. The average molecular weight is 615 g/mol. The number of aromatic nitrogens is 1. The highest BCUT2D eigenvalue weighted by Crippen LogP contribution is 2.48. The largest absolute Gasteiger partial charge is 0.310 e. The van der Waals surface area contributed by atoms with Gasteiger partial charge in [0.25, 0.3) is 0 Å². The zero-order chi connectivity index (χ0) is 32.2. The Labute approximate surface area is 280 Å². The van der Waals surface area contributed by atoms with Gasteiger partial charge in [-0.1, -0.05) is 115 Å². The van der Waals surface area contributed by atoms with Crippen molar-refractivity contribution >= 4 is 60.4 Å². The van der Waals surface area contributed by atoms with Crippen molar-refractivity contribution in [3.8, 4) is 16.8 Å². The zero-order valence-corrected chi connectivity index (χ0v) is 27.1. The summed E-state index contributed by atoms with van der Waals surface area (Å²) in [7, 11) is 0. The smallest absolute Gasteiger partial charge is 0.0546 e. The van der Waals surface area contributed by atoms with Crippen LogP contribution in [0.1, 0.15) is 11.1 Å². The maximum atomic E-state index is 2.44. The lowest BCUT2D eigenvalue weighted by molar-refractivity contribution is 1.18. The van der Waals surface area contributed by atoms with Gasteiger partial charge in [-0.2, -0.15) is 0 Å². The second kappa shape index (κ2) is 11.3. The van der Waals surface area contributed by atoms with Crippen LogP contribution in [0.3, 0.4) is 0 Å². The van der Waals surface area contributed by atoms with Crippen molar-refractivity contribution in [1.29, 1.82) is 0 Å². The van der Waals surface area contributed by atoms with Crippen LogP contribution in [0.5, 0.6) is 0 Å². The number of fused-ring (bicyclic) bond motifs is 5. The van der Waals surface area contributed by atoms with E-state index in [-0.39, 0.29) is 0 Å². The maximum absolute atomic E-state index is 2.44. The van der Waals surface area contributed by atoms with Crippen LogP contribution in [0.25, 0.3) is 60.2 Å². The molecule has 0 N–H and O–H groups in total. The summed E-state index contributed by atoms with van der Waals surface area (Å²) >= 11 is 0. The number of aryl methyl sites for hydroxylation is 2. The van der Waals surface area contributed by atoms with Crippen molar-refractivity contribution in [2.45, 2.75) is 13.8 Å². The zero-order valence-electron chi connectivity index (χ0n) is 27.1. The number of para-hydroxylation sites is 3. The van der Waals surface area contributed by atoms with Gasteiger partial charge in [0.1, 0.15) is 0 Å². The molecule has 0 radical (unpaired) electrons. The van der Waals surface area contributed by atoms with Crippen LogP contribution in [0.15, 0.2) is 170 Å². The van der Waals surface area contributed by atoms with E-state index >= 15 is 0 Å². The predicted molar refractivity (Wildman–Crippen MR) is 205 cm³/mol. The van der Waals surface area contributed by atoms with Crippen LogP contribution in [0, 0.1) is 13.8 Å². The number of hydrogen-bond donors (Lipinski definition) is 0. The predicted octanol–water partition coefficient (Wildman–Crippen LogP) is 12.8. The molecule has 0 saturated heterocycles. The number of nitrogens with zero attached hydrogens (tertiary/aromatic N) is 2. The molecule has 1 heterocycles. The molecular weight excluding hydrogens is 581 g/mol. The highest BCUT2D eigenvalue weighted by Gasteiger charge is 2.23. The van der Waals surface area contributed by atoms with Gasteiger partial charge >= 0.3 is 0 Å². The molecule has 0 amide bonds. The highest BCUT2D eigenvalue weighted by atomic mass is 15.1. The molecule has 0 fully saturated rings. The number of rotatable bonds is 5. The lowest BCUT2D eigenvalue weighted by atomic mass is 9.87. The molecule has 0 saturated carbocycles. The van der Waals surface area contributed by atoms with Crippen LogP contribution < -0.4 is 4.90 Å². The highest BCUT2D eigenvalue weighted by molar-refractivity contribution is 6.15. The fourth-order valence-electron chi connectivity index (χ4n) is 7.75. The van der Waals surface area contributed by atoms with Crippen molar-refractivity contribution in [1.82, 2.24) is 4.57 Å². The molecule has 9 aromatic rings. The molecule has 0 aliphatic heterocycles. The Morgan fingerprint density at radius 1 is 0.417 bits per heavy atom. The van der Waals surface area contributed by atoms with Crippen molar-refractivity contribution < 1.29 is 0 Å². The van der Waals surface area contributed by atoms with Crippen LogP contribution in [0.2, 0.25) is 0 Å². The van der Waals surface area contributed by atoms with Gasteiger partial charge in [0.05, 0.1) is 16.7 Å². The van der Waals surface area contributed by atoms with Crippen LogP contribution in [0.4, 0.5) is 17.1 Å². The van der Waals surface area contributed by atoms with Crippen molar-refractivity contribution in [3.05, 3.63) is 181 Å². The first kappa shape index (κ1) is 28.1. The molecule has 228 valence electrons. The van der Waals surface area contributed by atoms with Gasteiger partial charge in [-0.25, -0.2) is 0 Å². The summed E-state index contributed by atoms with van der Waals surface area (Å²) < 4.78 is 2.38. The van der Waals surface area contributed by atoms with Gasteiger partial charge < -0.3 is 9.47 Å². The standard InChI is InChI=1S/C46H34N2/c1-31-37-22-12-13-23-38(37)32(2)45-39(31)27-29-44(46(45)33-16-6-3-7-17-33)47(34-18-8-4-9-19-34)36-26-28-43-41(30-36)40-24-14-15-25-42(40)48(43)35-20-10-5-11-21-35/h3-30H,1-2H3. The van der Waals surface area contributed by atoms with E-state index in [2.05, 4.69) is 193 Å². The Balaban J connectivity index is 1.38. The van der Waals surface area contributed by atoms with E-state index in [1.807, 2.05) is 0 Å². The van der Waals surface area contributed by atoms with E-state index in [0.29, 0.717) is 0 Å². The van der Waals surface area contributed by atoms with E-state index in [4.69, 9.17) is 0 Å². The molecule has 2 nitrogen and oxygen atoms in total. The molecule has 9 rings (SSSR count). The molecule has 0 atom stereocenters. The molecule has 48 heavy (non-hydrogen) atoms. The summed E-state index contributed by atoms with van der Waals surface area (Å²) in [4.78, 5) is 2.44. The van der Waals surface area contributed by atoms with Crippen LogP contribution in [-0.4, -0.2) is 4.57 Å². The number of hydrogen-bond acceptors (Lipinski definition) is 1. The fourth-order valence-corrected chi connectivity index (χ4v) is 7.75. The van der Waals surface area contributed by atoms with E-state index < -0.39 is 0 Å². The first-order chi connectivity index (χ1) is 23.7. The molecule has 0 bridgehead atoms. The van der Waals surface area contributed by atoms with Crippen LogP contribution >= 0.6 is 0 Å². The quantitative estimate of drug-likeness (QED) is 0.175. The molecule has 1 aromatic heterocycles. The fraction of sp³-hybridized carbons (Fsp3) is 0.0435. The molecule has 0 spiro atoms. The Kier molecular flexibility index (Phi) is 6.62. The molecule has 2 heteroatoms. The van der Waals surface area contributed by atoms with Crippen molar-refractivity contribution in [2.24, 2.45) is 0 Å². The van der Waals surface area contributed by atoms with Crippen molar-refractivity contribution in [2.75, 3.05) is 4.90 Å². The van der Waals surface area contributed by atoms with Crippen molar-refractivity contribution in [3.63, 3.8) is 0 Å².